The molecule has 0 aliphatic carbocycles. The second kappa shape index (κ2) is 5.97. The predicted molar refractivity (Wildman–Crippen MR) is 87.9 cm³/mol. The van der Waals surface area contributed by atoms with Crippen molar-refractivity contribution < 1.29 is 9.90 Å². The van der Waals surface area contributed by atoms with Crippen LogP contribution in [0.2, 0.25) is 0 Å². The van der Waals surface area contributed by atoms with Crippen molar-refractivity contribution >= 4 is 16.7 Å². The van der Waals surface area contributed by atoms with E-state index >= 15 is 0 Å². The number of nitrogens with two attached hydrogens (primary N) is 1. The number of phenolic OH excluding ortho intramolecular Hbond substituents is 1. The number of carbonyl (C=O) groups is 1. The molecule has 4 nitrogen and oxygen atoms in total. The van der Waals surface area contributed by atoms with E-state index in [-0.39, 0.29) is 17.7 Å². The van der Waals surface area contributed by atoms with E-state index in [0.29, 0.717) is 24.6 Å². The molecule has 3 rings (SSSR count). The highest BCUT2D eigenvalue weighted by atomic mass is 16.3. The van der Waals surface area contributed by atoms with E-state index in [0.717, 1.165) is 23.6 Å². The Morgan fingerprint density at radius 1 is 1.27 bits per heavy atom. The van der Waals surface area contributed by atoms with Crippen molar-refractivity contribution in [2.24, 2.45) is 11.7 Å². The van der Waals surface area contributed by atoms with Crippen LogP contribution in [0.5, 0.6) is 5.75 Å². The number of aromatic hydroxyl groups is 1. The first-order chi connectivity index (χ1) is 10.6. The van der Waals surface area contributed by atoms with Gasteiger partial charge in [-0.05, 0) is 29.2 Å². The minimum absolute atomic E-state index is 0.0287. The molecule has 2 aromatic rings. The van der Waals surface area contributed by atoms with E-state index < -0.39 is 0 Å². The molecule has 0 saturated carbocycles. The van der Waals surface area contributed by atoms with E-state index in [1.165, 1.54) is 0 Å². The predicted octanol–water partition coefficient (Wildman–Crippen LogP) is 2.74. The van der Waals surface area contributed by atoms with Crippen LogP contribution in [0.15, 0.2) is 36.4 Å². The van der Waals surface area contributed by atoms with E-state index in [2.05, 4.69) is 6.92 Å². The van der Waals surface area contributed by atoms with Gasteiger partial charge in [-0.2, -0.15) is 0 Å². The number of amides is 1. The van der Waals surface area contributed by atoms with Crippen LogP contribution in [0.25, 0.3) is 10.8 Å². The number of likely N-dealkylation sites (tertiary alicyclic amines) is 1. The fraction of sp³-hybridized carbons (Fsp3) is 0.389. The van der Waals surface area contributed by atoms with Crippen LogP contribution in [0, 0.1) is 5.92 Å². The third-order valence-corrected chi connectivity index (χ3v) is 4.56. The Hall–Kier alpha value is -2.07. The maximum absolute atomic E-state index is 12.9. The summed E-state index contributed by atoms with van der Waals surface area (Å²) in [5.74, 6) is 0.269. The minimum Gasteiger partial charge on any atom is -0.507 e. The van der Waals surface area contributed by atoms with Gasteiger partial charge in [0.25, 0.3) is 5.91 Å². The Labute approximate surface area is 130 Å². The molecule has 116 valence electrons. The van der Waals surface area contributed by atoms with Crippen LogP contribution < -0.4 is 5.73 Å². The molecule has 0 radical (unpaired) electrons. The van der Waals surface area contributed by atoms with E-state index in [9.17, 15) is 9.90 Å². The second-order valence-electron chi connectivity index (χ2n) is 6.10. The average molecular weight is 298 g/mol. The standard InChI is InChI=1S/C18H22N2O2/c1-2-5-13-10-20(11-15(13)19)18(22)17-14-7-4-3-6-12(14)8-9-16(17)21/h3-4,6-9,13,15,21H,2,5,10-11,19H2,1H3/t13-,15-/m0/s1. The Bertz CT molecular complexity index is 699. The summed E-state index contributed by atoms with van der Waals surface area (Å²) >= 11 is 0. The van der Waals surface area contributed by atoms with Crippen molar-refractivity contribution in [1.82, 2.24) is 4.90 Å². The summed E-state index contributed by atoms with van der Waals surface area (Å²) in [6.45, 7) is 3.37. The third-order valence-electron chi connectivity index (χ3n) is 4.56. The number of fused-ring (bicyclic) bond motifs is 1. The van der Waals surface area contributed by atoms with Crippen LogP contribution in [0.3, 0.4) is 0 Å². The summed E-state index contributed by atoms with van der Waals surface area (Å²) in [7, 11) is 0. The van der Waals surface area contributed by atoms with Gasteiger partial charge in [-0.1, -0.05) is 43.7 Å². The maximum atomic E-state index is 12.9. The molecule has 1 fully saturated rings. The van der Waals surface area contributed by atoms with Gasteiger partial charge in [0.1, 0.15) is 5.75 Å². The summed E-state index contributed by atoms with van der Waals surface area (Å²) < 4.78 is 0. The molecule has 4 heteroatoms. The van der Waals surface area contributed by atoms with Crippen LogP contribution in [-0.2, 0) is 0 Å². The lowest BCUT2D eigenvalue weighted by molar-refractivity contribution is 0.0784. The summed E-state index contributed by atoms with van der Waals surface area (Å²) in [6, 6.07) is 11.1. The zero-order valence-electron chi connectivity index (χ0n) is 12.8. The van der Waals surface area contributed by atoms with Gasteiger partial charge in [0, 0.05) is 19.1 Å². The molecule has 2 atom stereocenters. The van der Waals surface area contributed by atoms with Crippen LogP contribution in [-0.4, -0.2) is 35.0 Å². The van der Waals surface area contributed by atoms with Crippen LogP contribution >= 0.6 is 0 Å². The smallest absolute Gasteiger partial charge is 0.258 e. The van der Waals surface area contributed by atoms with Crippen molar-refractivity contribution in [1.29, 1.82) is 0 Å². The highest BCUT2D eigenvalue weighted by Crippen LogP contribution is 2.30. The second-order valence-corrected chi connectivity index (χ2v) is 6.10. The molecule has 0 aromatic heterocycles. The molecule has 1 aliphatic rings. The number of hydrogen-bond acceptors (Lipinski definition) is 3. The number of nitrogens with zero attached hydrogens (tertiary/aromatic N) is 1. The van der Waals surface area contributed by atoms with Crippen molar-refractivity contribution in [3.05, 3.63) is 42.0 Å². The van der Waals surface area contributed by atoms with E-state index in [4.69, 9.17) is 5.73 Å². The number of rotatable bonds is 3. The van der Waals surface area contributed by atoms with Crippen LogP contribution in [0.1, 0.15) is 30.1 Å². The molecule has 1 amide bonds. The maximum Gasteiger partial charge on any atom is 0.258 e. The highest BCUT2D eigenvalue weighted by molar-refractivity contribution is 6.09. The molecule has 2 aromatic carbocycles. The summed E-state index contributed by atoms with van der Waals surface area (Å²) in [5, 5.41) is 11.9. The van der Waals surface area contributed by atoms with Gasteiger partial charge >= 0.3 is 0 Å². The molecule has 1 aliphatic heterocycles. The molecule has 0 spiro atoms. The number of carbonyl (C=O) groups excluding carboxylic acids is 1. The Kier molecular flexibility index (Phi) is 4.03. The lowest BCUT2D eigenvalue weighted by atomic mass is 9.99. The number of benzene rings is 2. The first-order valence-electron chi connectivity index (χ1n) is 7.87. The molecule has 3 N–H and O–H groups in total. The molecule has 1 saturated heterocycles. The van der Waals surface area contributed by atoms with Gasteiger partial charge in [0.2, 0.25) is 0 Å². The van der Waals surface area contributed by atoms with Gasteiger partial charge in [-0.15, -0.1) is 0 Å². The lowest BCUT2D eigenvalue weighted by Crippen LogP contribution is -2.32. The number of phenols is 1. The van der Waals surface area contributed by atoms with Crippen molar-refractivity contribution in [2.45, 2.75) is 25.8 Å². The third kappa shape index (κ3) is 2.55. The van der Waals surface area contributed by atoms with Gasteiger partial charge in [0.05, 0.1) is 5.56 Å². The Morgan fingerprint density at radius 2 is 2.05 bits per heavy atom. The summed E-state index contributed by atoms with van der Waals surface area (Å²) in [5.41, 5.74) is 6.56. The Balaban J connectivity index is 1.95. The molecule has 22 heavy (non-hydrogen) atoms. The number of hydrogen-bond donors (Lipinski definition) is 2. The zero-order valence-corrected chi connectivity index (χ0v) is 12.8. The van der Waals surface area contributed by atoms with Gasteiger partial charge in [-0.25, -0.2) is 0 Å². The lowest BCUT2D eigenvalue weighted by Gasteiger charge is -2.18. The fourth-order valence-electron chi connectivity index (χ4n) is 3.38. The first-order valence-corrected chi connectivity index (χ1v) is 7.87. The summed E-state index contributed by atoms with van der Waals surface area (Å²) in [6.07, 6.45) is 2.10. The van der Waals surface area contributed by atoms with E-state index in [1.807, 2.05) is 30.3 Å². The van der Waals surface area contributed by atoms with Crippen molar-refractivity contribution in [2.75, 3.05) is 13.1 Å². The van der Waals surface area contributed by atoms with Crippen LogP contribution in [0.4, 0.5) is 0 Å². The molecular weight excluding hydrogens is 276 g/mol. The average Bonchev–Trinajstić information content (AvgIpc) is 2.88. The molecule has 0 bridgehead atoms. The van der Waals surface area contributed by atoms with Gasteiger partial charge in [0.15, 0.2) is 0 Å². The first kappa shape index (κ1) is 14.9. The molecule has 0 unspecified atom stereocenters. The van der Waals surface area contributed by atoms with Crippen molar-refractivity contribution in [3.8, 4) is 5.75 Å². The van der Waals surface area contributed by atoms with Gasteiger partial charge in [-0.3, -0.25) is 4.79 Å². The van der Waals surface area contributed by atoms with Gasteiger partial charge < -0.3 is 15.7 Å². The largest absolute Gasteiger partial charge is 0.507 e. The SMILES string of the molecule is CCC[C@H]1CN(C(=O)c2c(O)ccc3ccccc23)C[C@@H]1N. The van der Waals surface area contributed by atoms with Crippen molar-refractivity contribution in [3.63, 3.8) is 0 Å². The topological polar surface area (TPSA) is 66.6 Å². The highest BCUT2D eigenvalue weighted by Gasteiger charge is 2.33. The molecular formula is C18H22N2O2. The fourth-order valence-corrected chi connectivity index (χ4v) is 3.38. The normalized spacial score (nSPS) is 21.5. The minimum atomic E-state index is -0.122. The quantitative estimate of drug-likeness (QED) is 0.915. The summed E-state index contributed by atoms with van der Waals surface area (Å²) in [4.78, 5) is 14.7. The monoisotopic (exact) mass is 298 g/mol. The molecule has 1 heterocycles. The van der Waals surface area contributed by atoms with E-state index in [1.54, 1.807) is 11.0 Å². The Morgan fingerprint density at radius 3 is 2.82 bits per heavy atom. The zero-order chi connectivity index (χ0) is 15.7.